The van der Waals surface area contributed by atoms with Crippen molar-refractivity contribution in [3.8, 4) is 5.75 Å². The van der Waals surface area contributed by atoms with E-state index in [1.165, 1.54) is 7.05 Å². The summed E-state index contributed by atoms with van der Waals surface area (Å²) in [5, 5.41) is 5.61. The summed E-state index contributed by atoms with van der Waals surface area (Å²) >= 11 is 0. The third kappa shape index (κ3) is 7.37. The molecular weight excluding hydrogens is 418 g/mol. The highest BCUT2D eigenvalue weighted by Crippen LogP contribution is 2.13. The molecule has 8 nitrogen and oxygen atoms in total. The molecule has 0 saturated heterocycles. The van der Waals surface area contributed by atoms with Crippen LogP contribution in [0.25, 0.3) is 0 Å². The Hall–Kier alpha value is -2.91. The Morgan fingerprint density at radius 3 is 2.06 bits per heavy atom. The van der Waals surface area contributed by atoms with Gasteiger partial charge in [-0.3, -0.25) is 9.59 Å². The van der Waals surface area contributed by atoms with Crippen LogP contribution in [0.1, 0.15) is 35.3 Å². The minimum Gasteiger partial charge on any atom is -0.497 e. The van der Waals surface area contributed by atoms with Gasteiger partial charge in [-0.15, -0.1) is 0 Å². The average Bonchev–Trinajstić information content (AvgIpc) is 2.76. The number of amides is 2. The van der Waals surface area contributed by atoms with Crippen molar-refractivity contribution in [1.29, 1.82) is 0 Å². The number of benzene rings is 2. The third-order valence-corrected chi connectivity index (χ3v) is 6.08. The van der Waals surface area contributed by atoms with Crippen molar-refractivity contribution in [1.82, 2.24) is 15.4 Å². The molecule has 31 heavy (non-hydrogen) atoms. The van der Waals surface area contributed by atoms with E-state index in [0.29, 0.717) is 16.9 Å². The second-order valence-electron chi connectivity index (χ2n) is 7.42. The zero-order chi connectivity index (χ0) is 23.0. The first-order valence-corrected chi connectivity index (χ1v) is 11.5. The molecule has 0 bridgehead atoms. The predicted molar refractivity (Wildman–Crippen MR) is 119 cm³/mol. The minimum atomic E-state index is -3.34. The number of hydrogen-bond donors (Lipinski definition) is 3. The molecule has 2 rings (SSSR count). The van der Waals surface area contributed by atoms with Crippen LogP contribution in [0.5, 0.6) is 5.75 Å². The van der Waals surface area contributed by atoms with E-state index in [2.05, 4.69) is 15.4 Å². The highest BCUT2D eigenvalue weighted by atomic mass is 32.2. The van der Waals surface area contributed by atoms with Crippen LogP contribution >= 0.6 is 0 Å². The molecule has 1 atom stereocenters. The van der Waals surface area contributed by atoms with Gasteiger partial charge in [0, 0.05) is 12.1 Å². The summed E-state index contributed by atoms with van der Waals surface area (Å²) < 4.78 is 30.6. The fraction of sp³-hybridized carbons (Fsp3) is 0.364. The van der Waals surface area contributed by atoms with E-state index in [4.69, 9.17) is 4.74 Å². The fourth-order valence-corrected chi connectivity index (χ4v) is 3.62. The van der Waals surface area contributed by atoms with Crippen molar-refractivity contribution < 1.29 is 22.7 Å². The fourth-order valence-electron chi connectivity index (χ4n) is 2.85. The zero-order valence-corrected chi connectivity index (χ0v) is 19.0. The molecule has 0 aliphatic heterocycles. The summed E-state index contributed by atoms with van der Waals surface area (Å²) in [6.45, 7) is 3.98. The molecule has 0 aromatic heterocycles. The number of hydrogen-bond acceptors (Lipinski definition) is 5. The third-order valence-electron chi connectivity index (χ3n) is 4.75. The topological polar surface area (TPSA) is 114 Å². The molecule has 0 saturated carbocycles. The lowest BCUT2D eigenvalue weighted by atomic mass is 10.0. The number of nitrogens with one attached hydrogen (secondary N) is 3. The second-order valence-corrected chi connectivity index (χ2v) is 9.35. The lowest BCUT2D eigenvalue weighted by Crippen LogP contribution is -2.49. The van der Waals surface area contributed by atoms with Crippen molar-refractivity contribution >= 4 is 21.8 Å². The Balaban J connectivity index is 1.96. The van der Waals surface area contributed by atoms with Gasteiger partial charge in [0.15, 0.2) is 0 Å². The maximum atomic E-state index is 12.7. The largest absolute Gasteiger partial charge is 0.497 e. The van der Waals surface area contributed by atoms with E-state index < -0.39 is 16.1 Å². The summed E-state index contributed by atoms with van der Waals surface area (Å²) in [6.07, 6.45) is 0. The van der Waals surface area contributed by atoms with Gasteiger partial charge in [-0.1, -0.05) is 38.1 Å². The molecule has 1 unspecified atom stereocenters. The van der Waals surface area contributed by atoms with Crippen LogP contribution in [0, 0.1) is 5.92 Å². The Morgan fingerprint density at radius 1 is 0.968 bits per heavy atom. The first-order valence-electron chi connectivity index (χ1n) is 9.87. The van der Waals surface area contributed by atoms with E-state index in [1.807, 2.05) is 13.8 Å². The van der Waals surface area contributed by atoms with Crippen molar-refractivity contribution in [2.45, 2.75) is 32.2 Å². The molecule has 168 valence electrons. The van der Waals surface area contributed by atoms with Crippen molar-refractivity contribution in [2.24, 2.45) is 5.92 Å². The van der Waals surface area contributed by atoms with Crippen LogP contribution in [0.4, 0.5) is 0 Å². The van der Waals surface area contributed by atoms with Gasteiger partial charge in [-0.05, 0) is 48.4 Å². The molecule has 9 heteroatoms. The Bertz CT molecular complexity index is 987. The Morgan fingerprint density at radius 2 is 1.55 bits per heavy atom. The highest BCUT2D eigenvalue weighted by molar-refractivity contribution is 7.88. The standard InChI is InChI=1S/C22H29N3O5S/c1-15(2)20(25-21(26)18-9-11-19(30-4)12-10-18)22(27)24-13-16-5-7-17(8-6-16)14-31(28,29)23-3/h5-12,15,20,23H,13-14H2,1-4H3,(H,24,27)(H,25,26). The highest BCUT2D eigenvalue weighted by Gasteiger charge is 2.24. The van der Waals surface area contributed by atoms with E-state index >= 15 is 0 Å². The van der Waals surface area contributed by atoms with E-state index in [9.17, 15) is 18.0 Å². The van der Waals surface area contributed by atoms with Crippen LogP contribution in [0.3, 0.4) is 0 Å². The minimum absolute atomic E-state index is 0.108. The molecule has 0 radical (unpaired) electrons. The number of sulfonamides is 1. The lowest BCUT2D eigenvalue weighted by Gasteiger charge is -2.22. The Kier molecular flexibility index (Phi) is 8.58. The van der Waals surface area contributed by atoms with Crippen LogP contribution in [0.2, 0.25) is 0 Å². The normalized spacial score (nSPS) is 12.3. The molecule has 0 spiro atoms. The first-order chi connectivity index (χ1) is 14.6. The van der Waals surface area contributed by atoms with Gasteiger partial charge in [0.2, 0.25) is 15.9 Å². The number of methoxy groups -OCH3 is 1. The van der Waals surface area contributed by atoms with Crippen molar-refractivity contribution in [3.05, 3.63) is 65.2 Å². The van der Waals surface area contributed by atoms with Crippen LogP contribution < -0.4 is 20.1 Å². The Labute approximate surface area is 183 Å². The smallest absolute Gasteiger partial charge is 0.251 e. The summed E-state index contributed by atoms with van der Waals surface area (Å²) in [7, 11) is -0.417. The van der Waals surface area contributed by atoms with Gasteiger partial charge in [-0.2, -0.15) is 0 Å². The summed E-state index contributed by atoms with van der Waals surface area (Å²) in [4.78, 5) is 25.2. The van der Waals surface area contributed by atoms with E-state index in [0.717, 1.165) is 5.56 Å². The van der Waals surface area contributed by atoms with Crippen LogP contribution in [-0.2, 0) is 27.1 Å². The van der Waals surface area contributed by atoms with Crippen LogP contribution in [0.15, 0.2) is 48.5 Å². The number of ether oxygens (including phenoxy) is 1. The van der Waals surface area contributed by atoms with Crippen LogP contribution in [-0.4, -0.2) is 40.4 Å². The molecule has 0 heterocycles. The predicted octanol–water partition coefficient (Wildman–Crippen LogP) is 1.82. The molecule has 3 N–H and O–H groups in total. The summed E-state index contributed by atoms with van der Waals surface area (Å²) in [5.74, 6) is -0.214. The first kappa shape index (κ1) is 24.4. The SMILES string of the molecule is CNS(=O)(=O)Cc1ccc(CNC(=O)C(NC(=O)c2ccc(OC)cc2)C(C)C)cc1. The molecule has 0 aliphatic carbocycles. The van der Waals surface area contributed by atoms with Gasteiger partial charge in [0.05, 0.1) is 12.9 Å². The average molecular weight is 448 g/mol. The maximum Gasteiger partial charge on any atom is 0.251 e. The lowest BCUT2D eigenvalue weighted by molar-refractivity contribution is -0.124. The molecule has 0 aliphatic rings. The zero-order valence-electron chi connectivity index (χ0n) is 18.1. The van der Waals surface area contributed by atoms with E-state index in [-0.39, 0.29) is 30.0 Å². The number of carbonyl (C=O) groups is 2. The number of carbonyl (C=O) groups excluding carboxylic acids is 2. The monoisotopic (exact) mass is 447 g/mol. The summed E-state index contributed by atoms with van der Waals surface area (Å²) in [5.41, 5.74) is 1.91. The summed E-state index contributed by atoms with van der Waals surface area (Å²) in [6, 6.07) is 12.9. The quantitative estimate of drug-likeness (QED) is 0.514. The van der Waals surface area contributed by atoms with Gasteiger partial charge >= 0.3 is 0 Å². The molecule has 2 amide bonds. The molecular formula is C22H29N3O5S. The van der Waals surface area contributed by atoms with E-state index in [1.54, 1.807) is 55.6 Å². The maximum absolute atomic E-state index is 12.7. The molecule has 0 fully saturated rings. The van der Waals surface area contributed by atoms with Gasteiger partial charge < -0.3 is 15.4 Å². The molecule has 2 aromatic carbocycles. The van der Waals surface area contributed by atoms with Crippen molar-refractivity contribution in [3.63, 3.8) is 0 Å². The van der Waals surface area contributed by atoms with Gasteiger partial charge in [-0.25, -0.2) is 13.1 Å². The molecule has 2 aromatic rings. The number of rotatable bonds is 10. The van der Waals surface area contributed by atoms with Gasteiger partial charge in [0.1, 0.15) is 11.8 Å². The second kappa shape index (κ2) is 10.9. The van der Waals surface area contributed by atoms with Gasteiger partial charge in [0.25, 0.3) is 5.91 Å². The van der Waals surface area contributed by atoms with Crippen molar-refractivity contribution in [2.75, 3.05) is 14.2 Å².